The van der Waals surface area contributed by atoms with Crippen molar-refractivity contribution >= 4 is 106 Å². The van der Waals surface area contributed by atoms with Crippen molar-refractivity contribution < 1.29 is 13.3 Å². The Labute approximate surface area is 593 Å². The van der Waals surface area contributed by atoms with E-state index in [1.165, 1.54) is 11.1 Å². The second-order valence-corrected chi connectivity index (χ2v) is 24.9. The van der Waals surface area contributed by atoms with Gasteiger partial charge in [-0.05, 0) is 220 Å². The lowest BCUT2D eigenvalue weighted by Gasteiger charge is -2.26. The fourth-order valence-electron chi connectivity index (χ4n) is 13.4. The maximum Gasteiger partial charge on any atom is 0.135 e. The summed E-state index contributed by atoms with van der Waals surface area (Å²) < 4.78 is 18.6. The van der Waals surface area contributed by atoms with Crippen molar-refractivity contribution in [2.75, 3.05) is 14.7 Å². The number of nitrogens with zero attached hydrogens (tertiary/aromatic N) is 3. The van der Waals surface area contributed by atoms with Crippen molar-refractivity contribution in [1.82, 2.24) is 0 Å². The molecule has 0 fully saturated rings. The minimum Gasteiger partial charge on any atom is -0.464 e. The van der Waals surface area contributed by atoms with Crippen LogP contribution in [0.5, 0.6) is 0 Å². The Balaban J connectivity index is 0.000000165. The highest BCUT2D eigenvalue weighted by molar-refractivity contribution is 6.09. The molecule has 17 rings (SSSR count). The third-order valence-corrected chi connectivity index (χ3v) is 18.4. The Morgan fingerprint density at radius 1 is 0.265 bits per heavy atom. The largest absolute Gasteiger partial charge is 0.464 e. The highest BCUT2D eigenvalue weighted by Crippen LogP contribution is 2.43. The molecule has 0 aliphatic rings. The Morgan fingerprint density at radius 3 is 1.09 bits per heavy atom. The number of furan rings is 2. The van der Waals surface area contributed by atoms with Gasteiger partial charge in [-0.2, -0.15) is 0 Å². The van der Waals surface area contributed by atoms with Gasteiger partial charge in [0, 0.05) is 78.1 Å². The zero-order valence-corrected chi connectivity index (χ0v) is 56.0. The SMILES string of the molecule is C=C/C(=C\C=C\c1ccccc1)N(c1ccc(-c2ccccc2)cc1)c1ccc(-c2ccc3occccccc3c2)cc1.c1ccc(N(c2ccccc2)c2ccc3oc4ccc(-c5cccc(-c6ccc7oc8ccc(N(c9ccccc9)c9ccccc9)cc8c7c6)c5)cc4c3c2)cc1. The Morgan fingerprint density at radius 2 is 0.608 bits per heavy atom. The number of hydrogen-bond donors (Lipinski definition) is 0. The number of rotatable bonds is 16. The predicted octanol–water partition coefficient (Wildman–Crippen LogP) is 27.6. The highest BCUT2D eigenvalue weighted by Gasteiger charge is 2.20. The van der Waals surface area contributed by atoms with Gasteiger partial charge in [-0.15, -0.1) is 0 Å². The molecule has 102 heavy (non-hydrogen) atoms. The average Bonchev–Trinajstić information content (AvgIpc) is 1.62. The second kappa shape index (κ2) is 29.2. The zero-order valence-electron chi connectivity index (χ0n) is 56.0. The average molecular weight is 1310 g/mol. The third-order valence-electron chi connectivity index (χ3n) is 18.4. The summed E-state index contributed by atoms with van der Waals surface area (Å²) in [7, 11) is 0. The Bertz CT molecular complexity index is 5590. The van der Waals surface area contributed by atoms with Gasteiger partial charge in [0.25, 0.3) is 0 Å². The van der Waals surface area contributed by atoms with E-state index in [9.17, 15) is 0 Å². The fourth-order valence-corrected chi connectivity index (χ4v) is 13.4. The van der Waals surface area contributed by atoms with Crippen LogP contribution in [0, 0.1) is 0 Å². The molecule has 0 saturated carbocycles. The van der Waals surface area contributed by atoms with Crippen LogP contribution in [0.1, 0.15) is 5.56 Å². The molecule has 0 radical (unpaired) electrons. The van der Waals surface area contributed by atoms with E-state index in [2.05, 4.69) is 361 Å². The molecule has 14 aromatic carbocycles. The number of anilines is 8. The third kappa shape index (κ3) is 13.6. The lowest BCUT2D eigenvalue weighted by Crippen LogP contribution is -2.14. The molecule has 3 heterocycles. The molecular weight excluding hydrogens is 1240 g/mol. The van der Waals surface area contributed by atoms with Crippen molar-refractivity contribution in [3.8, 4) is 44.5 Å². The van der Waals surface area contributed by atoms with E-state index in [0.717, 1.165) is 145 Å². The Hall–Kier alpha value is -13.7. The van der Waals surface area contributed by atoms with E-state index in [1.54, 1.807) is 6.26 Å². The van der Waals surface area contributed by atoms with Gasteiger partial charge in [0.2, 0.25) is 0 Å². The monoisotopic (exact) mass is 1310 g/mol. The first-order valence-corrected chi connectivity index (χ1v) is 34.3. The summed E-state index contributed by atoms with van der Waals surface area (Å²) in [6.07, 6.45) is 9.89. The van der Waals surface area contributed by atoms with Crippen LogP contribution in [0.25, 0.3) is 105 Å². The molecule has 0 spiro atoms. The first-order chi connectivity index (χ1) is 50.5. The van der Waals surface area contributed by atoms with Crippen LogP contribution in [0.4, 0.5) is 45.5 Å². The van der Waals surface area contributed by atoms with Crippen molar-refractivity contribution in [3.05, 3.63) is 418 Å². The van der Waals surface area contributed by atoms with Crippen LogP contribution in [-0.2, 0) is 0 Å². The zero-order chi connectivity index (χ0) is 68.4. The molecule has 0 unspecified atom stereocenters. The molecule has 0 saturated heterocycles. The molecule has 0 atom stereocenters. The van der Waals surface area contributed by atoms with Crippen LogP contribution >= 0.6 is 0 Å². The number of allylic oxidation sites excluding steroid dienone is 3. The standard InChI is InChI=1S/C54H36N2O2.C42H33NO/c1-5-16-41(17-6-1)55(42-18-7-2-8-19-42)45-26-30-53-49(35-45)47-33-39(24-28-51(47)57-53)37-14-13-15-38(32-37)40-25-29-52-48(34-40)50-36-46(27-31-54(50)58-52)56(43-20-9-3-10-21-43)44-22-11-4-12-23-44;1-2-39(20-13-16-33-14-7-5-8-15-33)43(40-26-21-35(22-27-40)34-17-10-6-11-18-34)41-28-23-36(24-29-41)37-25-30-42-38(32-37)19-9-3-4-12-31-44-42/h1-36H;2-32H,1H2/b;4-3?,16-13+,19-9?,31-12?,39-20+. The molecule has 6 heteroatoms. The van der Waals surface area contributed by atoms with Crippen LogP contribution in [0.3, 0.4) is 0 Å². The Kier molecular flexibility index (Phi) is 18.0. The van der Waals surface area contributed by atoms with E-state index in [-0.39, 0.29) is 0 Å². The van der Waals surface area contributed by atoms with Gasteiger partial charge in [-0.1, -0.05) is 237 Å². The topological polar surface area (TPSA) is 49.1 Å². The van der Waals surface area contributed by atoms with Gasteiger partial charge >= 0.3 is 0 Å². The highest BCUT2D eigenvalue weighted by atomic mass is 16.3. The summed E-state index contributed by atoms with van der Waals surface area (Å²) >= 11 is 0. The van der Waals surface area contributed by atoms with Crippen LogP contribution in [0.15, 0.2) is 426 Å². The molecule has 0 N–H and O–H groups in total. The molecule has 17 aromatic rings. The summed E-state index contributed by atoms with van der Waals surface area (Å²) in [4.78, 5) is 6.81. The molecular formula is C96H69N3O3. The number of hydrogen-bond acceptors (Lipinski definition) is 6. The molecule has 0 bridgehead atoms. The minimum absolute atomic E-state index is 0.830. The molecule has 3 aromatic heterocycles. The molecule has 6 nitrogen and oxygen atoms in total. The number of para-hydroxylation sites is 4. The summed E-state index contributed by atoms with van der Waals surface area (Å²) in [6.45, 7) is 4.18. The van der Waals surface area contributed by atoms with E-state index < -0.39 is 0 Å². The van der Waals surface area contributed by atoms with Gasteiger partial charge < -0.3 is 28.0 Å². The quantitative estimate of drug-likeness (QED) is 0.0899. The van der Waals surface area contributed by atoms with Crippen molar-refractivity contribution in [2.45, 2.75) is 0 Å². The summed E-state index contributed by atoms with van der Waals surface area (Å²) in [6, 6.07) is 131. The van der Waals surface area contributed by atoms with Gasteiger partial charge in [0.05, 0.1) is 6.26 Å². The van der Waals surface area contributed by atoms with Crippen molar-refractivity contribution in [2.24, 2.45) is 0 Å². The normalized spacial score (nSPS) is 11.4. The van der Waals surface area contributed by atoms with E-state index in [1.807, 2.05) is 60.7 Å². The van der Waals surface area contributed by atoms with E-state index in [0.29, 0.717) is 0 Å². The lowest BCUT2D eigenvalue weighted by molar-refractivity contribution is 0.607. The van der Waals surface area contributed by atoms with Crippen molar-refractivity contribution in [1.29, 1.82) is 0 Å². The van der Waals surface area contributed by atoms with Gasteiger partial charge in [-0.3, -0.25) is 0 Å². The first-order valence-electron chi connectivity index (χ1n) is 34.3. The number of fused-ring (bicyclic) bond motifs is 7. The maximum atomic E-state index is 6.39. The van der Waals surface area contributed by atoms with Crippen LogP contribution in [-0.4, -0.2) is 0 Å². The van der Waals surface area contributed by atoms with Gasteiger partial charge in [-0.25, -0.2) is 0 Å². The first kappa shape index (κ1) is 63.1. The predicted molar refractivity (Wildman–Crippen MR) is 428 cm³/mol. The maximum absolute atomic E-state index is 6.39. The molecule has 0 amide bonds. The van der Waals surface area contributed by atoms with Crippen molar-refractivity contribution in [3.63, 3.8) is 0 Å². The molecule has 486 valence electrons. The summed E-state index contributed by atoms with van der Waals surface area (Å²) in [5.74, 6) is 0. The van der Waals surface area contributed by atoms with Crippen LogP contribution < -0.4 is 14.7 Å². The smallest absolute Gasteiger partial charge is 0.135 e. The fraction of sp³-hybridized carbons (Fsp3) is 0. The van der Waals surface area contributed by atoms with E-state index >= 15 is 0 Å². The van der Waals surface area contributed by atoms with Gasteiger partial charge in [0.15, 0.2) is 0 Å². The second-order valence-electron chi connectivity index (χ2n) is 24.9. The molecule has 0 aliphatic carbocycles. The number of benzene rings is 14. The summed E-state index contributed by atoms with van der Waals surface area (Å²) in [5.41, 5.74) is 24.2. The summed E-state index contributed by atoms with van der Waals surface area (Å²) in [5, 5.41) is 5.37. The molecule has 0 aliphatic heterocycles. The minimum atomic E-state index is 0.830. The van der Waals surface area contributed by atoms with Crippen LogP contribution in [0.2, 0.25) is 0 Å². The van der Waals surface area contributed by atoms with E-state index in [4.69, 9.17) is 13.3 Å². The lowest BCUT2D eigenvalue weighted by atomic mass is 9.97. The van der Waals surface area contributed by atoms with Gasteiger partial charge in [0.1, 0.15) is 27.9 Å².